The van der Waals surface area contributed by atoms with Crippen LogP contribution in [-0.4, -0.2) is 28.1 Å². The van der Waals surface area contributed by atoms with E-state index in [1.54, 1.807) is 13.1 Å². The minimum absolute atomic E-state index is 0.0155. The molecule has 4 rings (SSSR count). The molecule has 24 heavy (non-hydrogen) atoms. The number of likely N-dealkylation sites (tertiary alicyclic amines) is 1. The summed E-state index contributed by atoms with van der Waals surface area (Å²) in [6, 6.07) is 1.83. The summed E-state index contributed by atoms with van der Waals surface area (Å²) in [7, 11) is 0. The Morgan fingerprint density at radius 3 is 3.00 bits per heavy atom. The van der Waals surface area contributed by atoms with Gasteiger partial charge in [-0.1, -0.05) is 6.08 Å². The summed E-state index contributed by atoms with van der Waals surface area (Å²) in [4.78, 5) is 14.2. The van der Waals surface area contributed by atoms with Crippen LogP contribution < -0.4 is 4.73 Å². The third kappa shape index (κ3) is 2.04. The van der Waals surface area contributed by atoms with Gasteiger partial charge in [0.25, 0.3) is 0 Å². The predicted octanol–water partition coefficient (Wildman–Crippen LogP) is 1.73. The van der Waals surface area contributed by atoms with E-state index in [9.17, 15) is 15.1 Å². The van der Waals surface area contributed by atoms with Crippen LogP contribution in [0.25, 0.3) is 0 Å². The number of aryl methyl sites for hydroxylation is 1. The lowest BCUT2D eigenvalue weighted by Crippen LogP contribution is -2.61. The summed E-state index contributed by atoms with van der Waals surface area (Å²) < 4.78 is 0.833. The summed E-state index contributed by atoms with van der Waals surface area (Å²) in [6.45, 7) is 5.83. The van der Waals surface area contributed by atoms with Crippen LogP contribution in [0.3, 0.4) is 0 Å². The van der Waals surface area contributed by atoms with Crippen LogP contribution in [0.15, 0.2) is 31.1 Å². The molecule has 1 amide bonds. The maximum atomic E-state index is 12.4. The van der Waals surface area contributed by atoms with Crippen LogP contribution in [0.5, 0.6) is 0 Å². The van der Waals surface area contributed by atoms with Crippen molar-refractivity contribution < 1.29 is 14.6 Å². The van der Waals surface area contributed by atoms with Crippen molar-refractivity contribution in [1.82, 2.24) is 4.90 Å². The summed E-state index contributed by atoms with van der Waals surface area (Å²) >= 11 is 0. The zero-order valence-corrected chi connectivity index (χ0v) is 14.0. The number of amides is 1. The van der Waals surface area contributed by atoms with Gasteiger partial charge in [-0.05, 0) is 43.1 Å². The number of hydrogen-bond donors (Lipinski definition) is 1. The molecule has 1 saturated heterocycles. The lowest BCUT2D eigenvalue weighted by molar-refractivity contribution is -0.606. The zero-order valence-electron chi connectivity index (χ0n) is 14.0. The fraction of sp³-hybridized carbons (Fsp3) is 0.579. The van der Waals surface area contributed by atoms with Crippen LogP contribution in [-0.2, 0) is 11.2 Å². The number of pyridine rings is 1. The molecule has 0 unspecified atom stereocenters. The number of β-amino-alcohol motifs (C(OH)–C–C–N with tert-alkyl or cyclic N) is 1. The van der Waals surface area contributed by atoms with Gasteiger partial charge in [-0.2, -0.15) is 4.73 Å². The Labute approximate surface area is 142 Å². The number of carbonyl (C=O) groups excluding carboxylic acids is 1. The van der Waals surface area contributed by atoms with Gasteiger partial charge in [-0.15, -0.1) is 6.58 Å². The number of hydrogen-bond acceptors (Lipinski definition) is 3. The van der Waals surface area contributed by atoms with E-state index in [1.807, 2.05) is 17.0 Å². The summed E-state index contributed by atoms with van der Waals surface area (Å²) in [6.07, 6.45) is 8.65. The van der Waals surface area contributed by atoms with Crippen molar-refractivity contribution in [2.75, 3.05) is 6.54 Å². The lowest BCUT2D eigenvalue weighted by atomic mass is 9.64. The van der Waals surface area contributed by atoms with Crippen LogP contribution >= 0.6 is 0 Å². The fourth-order valence-electron chi connectivity index (χ4n) is 5.51. The maximum Gasteiger partial charge on any atom is 0.220 e. The second kappa shape index (κ2) is 5.31. The Kier molecular flexibility index (Phi) is 3.46. The molecule has 128 valence electrons. The van der Waals surface area contributed by atoms with Crippen LogP contribution in [0.2, 0.25) is 0 Å². The van der Waals surface area contributed by atoms with E-state index in [4.69, 9.17) is 0 Å². The highest BCUT2D eigenvalue weighted by Crippen LogP contribution is 2.56. The molecule has 5 heteroatoms. The first-order chi connectivity index (χ1) is 11.5. The maximum absolute atomic E-state index is 12.4. The summed E-state index contributed by atoms with van der Waals surface area (Å²) in [5.41, 5.74) is 1.25. The number of aliphatic hydroxyl groups is 1. The summed E-state index contributed by atoms with van der Waals surface area (Å²) in [5.74, 6) is 0.464. The first-order valence-corrected chi connectivity index (χ1v) is 8.79. The minimum atomic E-state index is -0.862. The van der Waals surface area contributed by atoms with Crippen molar-refractivity contribution in [3.05, 3.63) is 47.4 Å². The van der Waals surface area contributed by atoms with Gasteiger partial charge in [0.1, 0.15) is 0 Å². The second-order valence-corrected chi connectivity index (χ2v) is 7.60. The molecule has 0 bridgehead atoms. The topological polar surface area (TPSA) is 67.5 Å². The van der Waals surface area contributed by atoms with Gasteiger partial charge in [0.15, 0.2) is 12.4 Å². The molecule has 1 aromatic heterocycles. The number of aromatic nitrogens is 1. The standard InChI is InChI=1S/C19H24N2O3/c1-3-14-5-7-17-16-6-4-13-10-20(24)9-8-15(13)18(16)21(12(2)22)11-19(14,17)23/h3,8-10,14,16-18,23H,1,4-7,11H2,2H3/t14-,16+,17+,18+,19-/m1/s1. The van der Waals surface area contributed by atoms with E-state index in [-0.39, 0.29) is 29.7 Å². The number of piperidine rings is 1. The molecule has 3 aliphatic rings. The molecule has 1 saturated carbocycles. The van der Waals surface area contributed by atoms with Gasteiger partial charge >= 0.3 is 0 Å². The Hall–Kier alpha value is -1.88. The summed E-state index contributed by atoms with van der Waals surface area (Å²) in [5, 5.41) is 23.0. The van der Waals surface area contributed by atoms with Crippen molar-refractivity contribution in [2.24, 2.45) is 17.8 Å². The number of rotatable bonds is 1. The molecule has 0 spiro atoms. The molecular formula is C19H24N2O3. The highest BCUT2D eigenvalue weighted by Gasteiger charge is 2.59. The van der Waals surface area contributed by atoms with Gasteiger partial charge in [0.2, 0.25) is 5.91 Å². The molecule has 0 radical (unpaired) electrons. The van der Waals surface area contributed by atoms with Crippen molar-refractivity contribution in [3.8, 4) is 0 Å². The van der Waals surface area contributed by atoms with E-state index >= 15 is 0 Å². The Bertz CT molecular complexity index is 704. The quantitative estimate of drug-likeness (QED) is 0.485. The molecule has 2 aliphatic carbocycles. The van der Waals surface area contributed by atoms with Crippen LogP contribution in [0.4, 0.5) is 0 Å². The lowest BCUT2D eigenvalue weighted by Gasteiger charge is -2.54. The highest BCUT2D eigenvalue weighted by molar-refractivity contribution is 5.74. The van der Waals surface area contributed by atoms with E-state index in [0.717, 1.165) is 41.5 Å². The third-order valence-corrected chi connectivity index (χ3v) is 6.56. The van der Waals surface area contributed by atoms with E-state index in [0.29, 0.717) is 6.54 Å². The number of carbonyl (C=O) groups is 1. The molecule has 0 aromatic carbocycles. The van der Waals surface area contributed by atoms with Crippen molar-refractivity contribution in [3.63, 3.8) is 0 Å². The third-order valence-electron chi connectivity index (χ3n) is 6.56. The minimum Gasteiger partial charge on any atom is -0.619 e. The molecule has 2 fully saturated rings. The normalized spacial score (nSPS) is 37.3. The molecule has 5 nitrogen and oxygen atoms in total. The van der Waals surface area contributed by atoms with Gasteiger partial charge < -0.3 is 15.2 Å². The number of fused-ring (bicyclic) bond motifs is 5. The van der Waals surface area contributed by atoms with Crippen molar-refractivity contribution in [1.29, 1.82) is 0 Å². The van der Waals surface area contributed by atoms with Gasteiger partial charge in [0, 0.05) is 24.5 Å². The van der Waals surface area contributed by atoms with Crippen LogP contribution in [0.1, 0.15) is 43.4 Å². The molecule has 1 aromatic rings. The first-order valence-electron chi connectivity index (χ1n) is 8.79. The SMILES string of the molecule is C=C[C@@H]1CC[C@H]2[C@@H]3CCc4c[n+]([O-])ccc4[C@@H]3N(C(C)=O)C[C@@]12O. The van der Waals surface area contributed by atoms with Crippen LogP contribution in [0, 0.1) is 23.0 Å². The van der Waals surface area contributed by atoms with E-state index in [1.165, 1.54) is 6.20 Å². The van der Waals surface area contributed by atoms with E-state index < -0.39 is 5.60 Å². The van der Waals surface area contributed by atoms with Crippen molar-refractivity contribution in [2.45, 2.75) is 44.2 Å². The molecular weight excluding hydrogens is 304 g/mol. The Morgan fingerprint density at radius 2 is 2.29 bits per heavy atom. The monoisotopic (exact) mass is 328 g/mol. The second-order valence-electron chi connectivity index (χ2n) is 7.60. The van der Waals surface area contributed by atoms with Gasteiger partial charge in [-0.25, -0.2) is 0 Å². The zero-order chi connectivity index (χ0) is 17.1. The van der Waals surface area contributed by atoms with Gasteiger partial charge in [0.05, 0.1) is 18.2 Å². The van der Waals surface area contributed by atoms with E-state index in [2.05, 4.69) is 6.58 Å². The molecule has 1 N–H and O–H groups in total. The molecule has 2 heterocycles. The smallest absolute Gasteiger partial charge is 0.220 e. The fourth-order valence-corrected chi connectivity index (χ4v) is 5.51. The molecule has 5 atom stereocenters. The predicted molar refractivity (Wildman–Crippen MR) is 88.7 cm³/mol. The molecule has 1 aliphatic heterocycles. The highest BCUT2D eigenvalue weighted by atomic mass is 16.5. The number of nitrogens with zero attached hydrogens (tertiary/aromatic N) is 2. The average molecular weight is 328 g/mol. The average Bonchev–Trinajstić information content (AvgIpc) is 2.89. The largest absolute Gasteiger partial charge is 0.619 e. The Balaban J connectivity index is 1.81. The first kappa shape index (κ1) is 15.6. The van der Waals surface area contributed by atoms with Gasteiger partial charge in [-0.3, -0.25) is 4.79 Å². The Morgan fingerprint density at radius 1 is 1.50 bits per heavy atom. The van der Waals surface area contributed by atoms with Crippen molar-refractivity contribution >= 4 is 5.91 Å².